The van der Waals surface area contributed by atoms with Crippen LogP contribution in [-0.2, 0) is 6.54 Å². The van der Waals surface area contributed by atoms with Gasteiger partial charge in [0.25, 0.3) is 5.91 Å². The van der Waals surface area contributed by atoms with Crippen LogP contribution < -0.4 is 10.2 Å². The van der Waals surface area contributed by atoms with Crippen molar-refractivity contribution in [3.8, 4) is 0 Å². The molecule has 148 valence electrons. The Kier molecular flexibility index (Phi) is 5.81. The van der Waals surface area contributed by atoms with E-state index in [1.165, 1.54) is 17.7 Å². The first-order chi connectivity index (χ1) is 14.2. The van der Waals surface area contributed by atoms with Gasteiger partial charge in [0.15, 0.2) is 0 Å². The van der Waals surface area contributed by atoms with E-state index in [1.54, 1.807) is 24.4 Å². The molecule has 5 nitrogen and oxygen atoms in total. The number of anilines is 2. The van der Waals surface area contributed by atoms with E-state index >= 15 is 0 Å². The molecule has 1 aliphatic heterocycles. The molecular weight excluding hydrogens is 367 g/mol. The van der Waals surface area contributed by atoms with Crippen molar-refractivity contribution < 1.29 is 9.18 Å². The second-order valence-corrected chi connectivity index (χ2v) is 7.08. The van der Waals surface area contributed by atoms with Gasteiger partial charge >= 0.3 is 0 Å². The Balaban J connectivity index is 1.38. The molecule has 0 radical (unpaired) electrons. The van der Waals surface area contributed by atoms with Crippen LogP contribution in [0.4, 0.5) is 15.8 Å². The Morgan fingerprint density at radius 3 is 2.45 bits per heavy atom. The maximum absolute atomic E-state index is 13.8. The van der Waals surface area contributed by atoms with Crippen LogP contribution in [-0.4, -0.2) is 42.0 Å². The number of hydrogen-bond acceptors (Lipinski definition) is 4. The third-order valence-electron chi connectivity index (χ3n) is 5.08. The number of halogens is 1. The van der Waals surface area contributed by atoms with Crippen molar-refractivity contribution in [2.45, 2.75) is 6.54 Å². The molecule has 0 unspecified atom stereocenters. The summed E-state index contributed by atoms with van der Waals surface area (Å²) in [4.78, 5) is 21.3. The lowest BCUT2D eigenvalue weighted by Crippen LogP contribution is -2.46. The molecule has 0 bridgehead atoms. The summed E-state index contributed by atoms with van der Waals surface area (Å²) in [5.41, 5.74) is 2.70. The van der Waals surface area contributed by atoms with Crippen LogP contribution >= 0.6 is 0 Å². The van der Waals surface area contributed by atoms with Gasteiger partial charge in [-0.15, -0.1) is 0 Å². The zero-order chi connectivity index (χ0) is 20.1. The molecule has 29 heavy (non-hydrogen) atoms. The lowest BCUT2D eigenvalue weighted by molar-refractivity contribution is 0.102. The normalized spacial score (nSPS) is 14.6. The quantitative estimate of drug-likeness (QED) is 0.720. The fourth-order valence-corrected chi connectivity index (χ4v) is 3.49. The molecule has 0 spiro atoms. The van der Waals surface area contributed by atoms with E-state index in [2.05, 4.69) is 44.4 Å². The topological polar surface area (TPSA) is 48.5 Å². The summed E-state index contributed by atoms with van der Waals surface area (Å²) < 4.78 is 13.8. The van der Waals surface area contributed by atoms with Crippen LogP contribution in [0.2, 0.25) is 0 Å². The molecule has 0 atom stereocenters. The number of benzene rings is 2. The minimum Gasteiger partial charge on any atom is -0.369 e. The van der Waals surface area contributed by atoms with Crippen molar-refractivity contribution in [2.75, 3.05) is 36.4 Å². The van der Waals surface area contributed by atoms with Crippen LogP contribution in [0, 0.1) is 5.82 Å². The number of hydrogen-bond donors (Lipinski definition) is 1. The molecule has 2 aromatic carbocycles. The number of carbonyl (C=O) groups is 1. The summed E-state index contributed by atoms with van der Waals surface area (Å²) >= 11 is 0. The molecular formula is C23H23FN4O. The molecule has 1 aliphatic rings. The van der Waals surface area contributed by atoms with Crippen LogP contribution in [0.5, 0.6) is 0 Å². The van der Waals surface area contributed by atoms with Crippen LogP contribution in [0.1, 0.15) is 16.1 Å². The first kappa shape index (κ1) is 19.1. The van der Waals surface area contributed by atoms with Crippen molar-refractivity contribution in [1.29, 1.82) is 0 Å². The van der Waals surface area contributed by atoms with E-state index in [-0.39, 0.29) is 11.4 Å². The van der Waals surface area contributed by atoms with Gasteiger partial charge in [-0.05, 0) is 29.8 Å². The number of nitrogens with zero attached hydrogens (tertiary/aromatic N) is 3. The van der Waals surface area contributed by atoms with Crippen molar-refractivity contribution in [1.82, 2.24) is 9.88 Å². The van der Waals surface area contributed by atoms with Crippen molar-refractivity contribution in [3.63, 3.8) is 0 Å². The van der Waals surface area contributed by atoms with E-state index in [9.17, 15) is 9.18 Å². The van der Waals surface area contributed by atoms with E-state index in [4.69, 9.17) is 0 Å². The molecule has 6 heteroatoms. The molecule has 1 saturated heterocycles. The minimum absolute atomic E-state index is 0.152. The number of piperazine rings is 1. The molecule has 0 aliphatic carbocycles. The van der Waals surface area contributed by atoms with Crippen LogP contribution in [0.25, 0.3) is 0 Å². The average Bonchev–Trinajstić information content (AvgIpc) is 2.77. The molecule has 1 amide bonds. The van der Waals surface area contributed by atoms with Gasteiger partial charge in [0.2, 0.25) is 0 Å². The van der Waals surface area contributed by atoms with Crippen molar-refractivity contribution in [2.24, 2.45) is 0 Å². The van der Waals surface area contributed by atoms with Gasteiger partial charge in [-0.3, -0.25) is 14.7 Å². The largest absolute Gasteiger partial charge is 0.369 e. The highest BCUT2D eigenvalue weighted by Gasteiger charge is 2.19. The van der Waals surface area contributed by atoms with Gasteiger partial charge in [0.1, 0.15) is 11.5 Å². The number of rotatable bonds is 5. The lowest BCUT2D eigenvalue weighted by Gasteiger charge is -2.36. The SMILES string of the molecule is O=C(Nc1ccccc1F)c1cc(N2CCN(Cc3ccccc3)CC2)ccn1. The third-order valence-corrected chi connectivity index (χ3v) is 5.08. The van der Waals surface area contributed by atoms with Crippen LogP contribution in [0.3, 0.4) is 0 Å². The fourth-order valence-electron chi connectivity index (χ4n) is 3.49. The van der Waals surface area contributed by atoms with Gasteiger partial charge in [-0.2, -0.15) is 0 Å². The predicted octanol–water partition coefficient (Wildman–Crippen LogP) is 3.80. The average molecular weight is 390 g/mol. The Morgan fingerprint density at radius 1 is 0.966 bits per heavy atom. The van der Waals surface area contributed by atoms with Gasteiger partial charge in [-0.1, -0.05) is 42.5 Å². The summed E-state index contributed by atoms with van der Waals surface area (Å²) in [5.74, 6) is -0.883. The molecule has 0 saturated carbocycles. The number of amides is 1. The Bertz CT molecular complexity index is 971. The highest BCUT2D eigenvalue weighted by molar-refractivity contribution is 6.03. The number of carbonyl (C=O) groups excluding carboxylic acids is 1. The van der Waals surface area contributed by atoms with Crippen molar-refractivity contribution in [3.05, 3.63) is 90.0 Å². The minimum atomic E-state index is -0.466. The second kappa shape index (κ2) is 8.84. The van der Waals surface area contributed by atoms with Gasteiger partial charge < -0.3 is 10.2 Å². The zero-order valence-corrected chi connectivity index (χ0v) is 16.1. The first-order valence-electron chi connectivity index (χ1n) is 9.72. The predicted molar refractivity (Wildman–Crippen MR) is 113 cm³/mol. The Hall–Kier alpha value is -3.25. The monoisotopic (exact) mass is 390 g/mol. The van der Waals surface area contributed by atoms with Gasteiger partial charge in [0, 0.05) is 44.6 Å². The number of para-hydroxylation sites is 1. The molecule has 2 heterocycles. The maximum Gasteiger partial charge on any atom is 0.274 e. The molecule has 1 aromatic heterocycles. The molecule has 1 fully saturated rings. The molecule has 3 aromatic rings. The number of aromatic nitrogens is 1. The lowest BCUT2D eigenvalue weighted by atomic mass is 10.2. The van der Waals surface area contributed by atoms with Gasteiger partial charge in [0.05, 0.1) is 5.69 Å². The second-order valence-electron chi connectivity index (χ2n) is 7.08. The fraction of sp³-hybridized carbons (Fsp3) is 0.217. The number of pyridine rings is 1. The van der Waals surface area contributed by atoms with E-state index in [0.717, 1.165) is 38.4 Å². The first-order valence-corrected chi connectivity index (χ1v) is 9.72. The standard InChI is InChI=1S/C23H23FN4O/c24-20-8-4-5-9-21(20)26-23(29)22-16-19(10-11-25-22)28-14-12-27(13-15-28)17-18-6-2-1-3-7-18/h1-11,16H,12-15,17H2,(H,26,29). The Labute approximate surface area is 169 Å². The van der Waals surface area contributed by atoms with E-state index < -0.39 is 11.7 Å². The summed E-state index contributed by atoms with van der Waals surface area (Å²) in [6, 6.07) is 20.2. The van der Waals surface area contributed by atoms with Crippen molar-refractivity contribution >= 4 is 17.3 Å². The molecule has 4 rings (SSSR count). The van der Waals surface area contributed by atoms with E-state index in [0.29, 0.717) is 0 Å². The van der Waals surface area contributed by atoms with Crippen LogP contribution in [0.15, 0.2) is 72.9 Å². The third kappa shape index (κ3) is 4.78. The highest BCUT2D eigenvalue weighted by atomic mass is 19.1. The summed E-state index contributed by atoms with van der Waals surface area (Å²) in [6.07, 6.45) is 1.63. The number of nitrogens with one attached hydrogen (secondary N) is 1. The zero-order valence-electron chi connectivity index (χ0n) is 16.1. The summed E-state index contributed by atoms with van der Waals surface area (Å²) in [5, 5.41) is 2.59. The smallest absolute Gasteiger partial charge is 0.274 e. The Morgan fingerprint density at radius 2 is 1.69 bits per heavy atom. The maximum atomic E-state index is 13.8. The van der Waals surface area contributed by atoms with Gasteiger partial charge in [-0.25, -0.2) is 4.39 Å². The summed E-state index contributed by atoms with van der Waals surface area (Å²) in [6.45, 7) is 4.61. The highest BCUT2D eigenvalue weighted by Crippen LogP contribution is 2.19. The summed E-state index contributed by atoms with van der Waals surface area (Å²) in [7, 11) is 0. The van der Waals surface area contributed by atoms with E-state index in [1.807, 2.05) is 12.1 Å². The molecule has 1 N–H and O–H groups in total.